The summed E-state index contributed by atoms with van der Waals surface area (Å²) in [5, 5.41) is 12.2. The van der Waals surface area contributed by atoms with Gasteiger partial charge in [0.1, 0.15) is 0 Å². The van der Waals surface area contributed by atoms with Crippen LogP contribution in [-0.2, 0) is 0 Å². The lowest BCUT2D eigenvalue weighted by Crippen LogP contribution is -2.08. The van der Waals surface area contributed by atoms with Crippen LogP contribution in [0.25, 0.3) is 67.1 Å². The predicted octanol–water partition coefficient (Wildman–Crippen LogP) is 10.9. The molecule has 0 bridgehead atoms. The van der Waals surface area contributed by atoms with Gasteiger partial charge in [-0.15, -0.1) is 10.2 Å². The molecule has 2 heterocycles. The van der Waals surface area contributed by atoms with E-state index in [1.807, 2.05) is 12.1 Å². The first-order chi connectivity index (χ1) is 24.3. The fourth-order valence-corrected chi connectivity index (χ4v) is 7.89. The highest BCUT2D eigenvalue weighted by molar-refractivity contribution is 6.09. The van der Waals surface area contributed by atoms with Gasteiger partial charge in [0.05, 0.1) is 16.7 Å². The zero-order valence-electron chi connectivity index (χ0n) is 26.6. The van der Waals surface area contributed by atoms with E-state index in [-0.39, 0.29) is 5.92 Å². The Labute approximate surface area is 284 Å². The van der Waals surface area contributed by atoms with Crippen LogP contribution in [0.3, 0.4) is 0 Å². The van der Waals surface area contributed by atoms with Crippen LogP contribution in [0.1, 0.15) is 22.6 Å². The molecule has 0 fully saturated rings. The second-order valence-electron chi connectivity index (χ2n) is 12.6. The summed E-state index contributed by atoms with van der Waals surface area (Å²) in [5.41, 5.74) is 13.0. The number of aromatic nitrogens is 4. The third kappa shape index (κ3) is 4.24. The maximum Gasteiger partial charge on any atom is 0.168 e. The SMILES string of the molecule is c1ccc(-c2nnc(-c3ccccc3)n2-c2cccc3c2C(c2cccc(-n4c5ccccc5c5ccccc54)c2)c2ccccc2-3)cc1. The fraction of sp³-hybridized carbons (Fsp3) is 0.0222. The molecule has 0 saturated heterocycles. The van der Waals surface area contributed by atoms with Crippen molar-refractivity contribution in [3.8, 4) is 45.3 Å². The van der Waals surface area contributed by atoms with Gasteiger partial charge in [-0.05, 0) is 58.1 Å². The molecule has 4 nitrogen and oxygen atoms in total. The average molecular weight is 627 g/mol. The van der Waals surface area contributed by atoms with Crippen molar-refractivity contribution < 1.29 is 0 Å². The lowest BCUT2D eigenvalue weighted by atomic mass is 9.88. The number of nitrogens with zero attached hydrogens (tertiary/aromatic N) is 4. The molecule has 0 radical (unpaired) electrons. The van der Waals surface area contributed by atoms with E-state index in [4.69, 9.17) is 10.2 Å². The van der Waals surface area contributed by atoms with Gasteiger partial charge in [-0.2, -0.15) is 0 Å². The second kappa shape index (κ2) is 11.0. The van der Waals surface area contributed by atoms with Crippen molar-refractivity contribution in [3.05, 3.63) is 193 Å². The highest BCUT2D eigenvalue weighted by atomic mass is 15.3. The van der Waals surface area contributed by atoms with E-state index < -0.39 is 0 Å². The van der Waals surface area contributed by atoms with E-state index in [0.29, 0.717) is 0 Å². The first kappa shape index (κ1) is 27.6. The van der Waals surface area contributed by atoms with E-state index >= 15 is 0 Å². The quantitative estimate of drug-likeness (QED) is 0.191. The molecule has 4 heteroatoms. The van der Waals surface area contributed by atoms with Crippen molar-refractivity contribution in [3.63, 3.8) is 0 Å². The Morgan fingerprint density at radius 1 is 0.429 bits per heavy atom. The molecule has 230 valence electrons. The molecule has 0 N–H and O–H groups in total. The normalized spacial score (nSPS) is 13.5. The summed E-state index contributed by atoms with van der Waals surface area (Å²) in [5.74, 6) is 1.65. The molecule has 0 amide bonds. The molecule has 2 aromatic heterocycles. The molecule has 1 unspecified atom stereocenters. The van der Waals surface area contributed by atoms with Crippen LogP contribution in [0, 0.1) is 0 Å². The van der Waals surface area contributed by atoms with Crippen molar-refractivity contribution in [2.75, 3.05) is 0 Å². The number of hydrogen-bond donors (Lipinski definition) is 0. The van der Waals surface area contributed by atoms with Gasteiger partial charge < -0.3 is 4.57 Å². The van der Waals surface area contributed by atoms with Gasteiger partial charge >= 0.3 is 0 Å². The Morgan fingerprint density at radius 3 is 1.65 bits per heavy atom. The Kier molecular flexibility index (Phi) is 6.21. The smallest absolute Gasteiger partial charge is 0.168 e. The zero-order chi connectivity index (χ0) is 32.3. The van der Waals surface area contributed by atoms with Crippen molar-refractivity contribution in [2.45, 2.75) is 5.92 Å². The third-order valence-electron chi connectivity index (χ3n) is 9.94. The highest BCUT2D eigenvalue weighted by Gasteiger charge is 2.34. The van der Waals surface area contributed by atoms with Crippen LogP contribution < -0.4 is 0 Å². The molecule has 9 aromatic rings. The number of benzene rings is 7. The molecule has 0 aliphatic heterocycles. The molecule has 49 heavy (non-hydrogen) atoms. The van der Waals surface area contributed by atoms with E-state index in [0.717, 1.165) is 34.2 Å². The summed E-state index contributed by atoms with van der Waals surface area (Å²) < 4.78 is 4.67. The van der Waals surface area contributed by atoms with E-state index in [1.165, 1.54) is 49.6 Å². The lowest BCUT2D eigenvalue weighted by Gasteiger charge is -2.21. The molecule has 1 atom stereocenters. The maximum atomic E-state index is 4.83. The van der Waals surface area contributed by atoms with Gasteiger partial charge in [0.15, 0.2) is 11.6 Å². The Morgan fingerprint density at radius 2 is 0.980 bits per heavy atom. The number of para-hydroxylation sites is 2. The minimum Gasteiger partial charge on any atom is -0.309 e. The number of fused-ring (bicyclic) bond motifs is 6. The van der Waals surface area contributed by atoms with Crippen LogP contribution >= 0.6 is 0 Å². The Bertz CT molecular complexity index is 2560. The summed E-state index contributed by atoms with van der Waals surface area (Å²) in [6.07, 6.45) is 0. The van der Waals surface area contributed by atoms with Gasteiger partial charge in [-0.1, -0.05) is 146 Å². The second-order valence-corrected chi connectivity index (χ2v) is 12.6. The molecular formula is C45H30N4. The summed E-state index contributed by atoms with van der Waals surface area (Å²) in [4.78, 5) is 0. The minimum absolute atomic E-state index is 0.00471. The molecule has 1 aliphatic rings. The van der Waals surface area contributed by atoms with Crippen LogP contribution in [-0.4, -0.2) is 19.3 Å². The Balaban J connectivity index is 1.23. The lowest BCUT2D eigenvalue weighted by molar-refractivity contribution is 0.962. The summed E-state index contributed by atoms with van der Waals surface area (Å²) in [6.45, 7) is 0. The third-order valence-corrected chi connectivity index (χ3v) is 9.94. The van der Waals surface area contributed by atoms with Crippen LogP contribution in [0.15, 0.2) is 176 Å². The van der Waals surface area contributed by atoms with Crippen molar-refractivity contribution in [2.24, 2.45) is 0 Å². The minimum atomic E-state index is 0.00471. The van der Waals surface area contributed by atoms with Gasteiger partial charge in [0.2, 0.25) is 0 Å². The largest absolute Gasteiger partial charge is 0.309 e. The fourth-order valence-electron chi connectivity index (χ4n) is 7.89. The number of rotatable bonds is 5. The molecule has 0 spiro atoms. The summed E-state index contributed by atoms with van der Waals surface area (Å²) in [7, 11) is 0. The van der Waals surface area contributed by atoms with E-state index in [1.54, 1.807) is 0 Å². The molecular weight excluding hydrogens is 597 g/mol. The van der Waals surface area contributed by atoms with E-state index in [2.05, 4.69) is 173 Å². The molecule has 10 rings (SSSR count). The number of hydrogen-bond acceptors (Lipinski definition) is 2. The Hall–Kier alpha value is -6.52. The molecule has 7 aromatic carbocycles. The first-order valence-corrected chi connectivity index (χ1v) is 16.7. The van der Waals surface area contributed by atoms with Gasteiger partial charge in [-0.25, -0.2) is 0 Å². The summed E-state index contributed by atoms with van der Waals surface area (Å²) in [6, 6.07) is 62.8. The zero-order valence-corrected chi connectivity index (χ0v) is 26.6. The summed E-state index contributed by atoms with van der Waals surface area (Å²) >= 11 is 0. The monoisotopic (exact) mass is 626 g/mol. The van der Waals surface area contributed by atoms with Crippen molar-refractivity contribution >= 4 is 21.8 Å². The van der Waals surface area contributed by atoms with Gasteiger partial charge in [-0.3, -0.25) is 4.57 Å². The van der Waals surface area contributed by atoms with Gasteiger partial charge in [0.25, 0.3) is 0 Å². The van der Waals surface area contributed by atoms with Gasteiger partial charge in [0, 0.05) is 33.5 Å². The highest BCUT2D eigenvalue weighted by Crippen LogP contribution is 2.51. The van der Waals surface area contributed by atoms with Crippen LogP contribution in [0.4, 0.5) is 0 Å². The van der Waals surface area contributed by atoms with Crippen LogP contribution in [0.5, 0.6) is 0 Å². The predicted molar refractivity (Wildman–Crippen MR) is 199 cm³/mol. The van der Waals surface area contributed by atoms with Crippen molar-refractivity contribution in [1.29, 1.82) is 0 Å². The average Bonchev–Trinajstić information content (AvgIpc) is 3.86. The maximum absolute atomic E-state index is 4.83. The van der Waals surface area contributed by atoms with Crippen molar-refractivity contribution in [1.82, 2.24) is 19.3 Å². The standard InChI is InChI=1S/C45H30N4/c1-3-15-30(16-4-1)44-46-47-45(31-17-5-2-6-18-31)49(44)41-28-14-25-38-34-21-7-8-24-37(34)42(43(38)41)32-19-13-20-33(29-32)48-39-26-11-9-22-35(39)36-23-10-12-27-40(36)48/h1-29,42H. The molecule has 0 saturated carbocycles. The topological polar surface area (TPSA) is 35.6 Å². The van der Waals surface area contributed by atoms with Crippen LogP contribution in [0.2, 0.25) is 0 Å². The molecule has 1 aliphatic carbocycles. The first-order valence-electron chi connectivity index (χ1n) is 16.7. The van der Waals surface area contributed by atoms with E-state index in [9.17, 15) is 0 Å².